The summed E-state index contributed by atoms with van der Waals surface area (Å²) in [5.41, 5.74) is 0.358. The number of hydrogen-bond acceptors (Lipinski definition) is 3. The van der Waals surface area contributed by atoms with Crippen LogP contribution in [0.4, 0.5) is 5.82 Å². The highest BCUT2D eigenvalue weighted by Crippen LogP contribution is 2.39. The number of nitrogens with zero attached hydrogens (tertiary/aromatic N) is 2. The van der Waals surface area contributed by atoms with Gasteiger partial charge in [-0.3, -0.25) is 4.79 Å². The van der Waals surface area contributed by atoms with Gasteiger partial charge in [-0.1, -0.05) is 20.3 Å². The first kappa shape index (κ1) is 12.1. The molecule has 0 amide bonds. The largest absolute Gasteiger partial charge is 0.365 e. The first-order chi connectivity index (χ1) is 8.14. The smallest absolute Gasteiger partial charge is 0.293 e. The van der Waals surface area contributed by atoms with Crippen molar-refractivity contribution < 1.29 is 0 Å². The lowest BCUT2D eigenvalue weighted by atomic mass is 9.70. The molecule has 1 heterocycles. The van der Waals surface area contributed by atoms with Crippen molar-refractivity contribution in [1.29, 1.82) is 0 Å². The van der Waals surface area contributed by atoms with Crippen molar-refractivity contribution in [2.75, 3.05) is 11.9 Å². The third-order valence-corrected chi connectivity index (χ3v) is 3.62. The lowest BCUT2D eigenvalue weighted by molar-refractivity contribution is 0.179. The number of hydrogen-bond donors (Lipinski definition) is 1. The zero-order chi connectivity index (χ0) is 12.3. The fourth-order valence-electron chi connectivity index (χ4n) is 2.24. The molecule has 4 nitrogen and oxygen atoms in total. The maximum atomic E-state index is 12.0. The van der Waals surface area contributed by atoms with Crippen molar-refractivity contribution in [3.05, 3.63) is 22.7 Å². The zero-order valence-corrected chi connectivity index (χ0v) is 10.7. The predicted octanol–water partition coefficient (Wildman–Crippen LogP) is 2.26. The molecule has 0 radical (unpaired) electrons. The summed E-state index contributed by atoms with van der Waals surface area (Å²) in [5, 5.41) is 3.21. The van der Waals surface area contributed by atoms with E-state index in [2.05, 4.69) is 24.1 Å². The van der Waals surface area contributed by atoms with E-state index in [0.29, 0.717) is 11.2 Å². The van der Waals surface area contributed by atoms with Gasteiger partial charge in [0.1, 0.15) is 0 Å². The standard InChI is InChI=1S/C13H21N3O/c1-3-8-16-9-7-14-11(12(16)17)15-10-13(2)5-4-6-13/h7,9H,3-6,8,10H2,1-2H3,(H,14,15). The second-order valence-electron chi connectivity index (χ2n) is 5.29. The van der Waals surface area contributed by atoms with E-state index in [0.717, 1.165) is 19.5 Å². The Kier molecular flexibility index (Phi) is 3.50. The highest BCUT2D eigenvalue weighted by atomic mass is 16.1. The van der Waals surface area contributed by atoms with Gasteiger partial charge in [0, 0.05) is 25.5 Å². The van der Waals surface area contributed by atoms with Crippen LogP contribution in [-0.2, 0) is 6.54 Å². The van der Waals surface area contributed by atoms with Gasteiger partial charge >= 0.3 is 0 Å². The molecular weight excluding hydrogens is 214 g/mol. The molecule has 0 aromatic carbocycles. The molecule has 1 fully saturated rings. The van der Waals surface area contributed by atoms with E-state index in [1.807, 2.05) is 0 Å². The van der Waals surface area contributed by atoms with Crippen LogP contribution < -0.4 is 10.9 Å². The molecule has 17 heavy (non-hydrogen) atoms. The van der Waals surface area contributed by atoms with E-state index in [1.54, 1.807) is 17.0 Å². The summed E-state index contributed by atoms with van der Waals surface area (Å²) in [7, 11) is 0. The van der Waals surface area contributed by atoms with Gasteiger partial charge < -0.3 is 9.88 Å². The van der Waals surface area contributed by atoms with Gasteiger partial charge in [0.05, 0.1) is 0 Å². The van der Waals surface area contributed by atoms with Crippen LogP contribution in [0.1, 0.15) is 39.5 Å². The third kappa shape index (κ3) is 2.68. The number of aromatic nitrogens is 2. The third-order valence-electron chi connectivity index (χ3n) is 3.62. The number of anilines is 1. The maximum absolute atomic E-state index is 12.0. The summed E-state index contributed by atoms with van der Waals surface area (Å²) in [6.45, 7) is 5.94. The van der Waals surface area contributed by atoms with Gasteiger partial charge in [-0.25, -0.2) is 4.98 Å². The molecule has 1 aromatic heterocycles. The van der Waals surface area contributed by atoms with E-state index >= 15 is 0 Å². The summed E-state index contributed by atoms with van der Waals surface area (Å²) in [6, 6.07) is 0. The molecule has 4 heteroatoms. The van der Waals surface area contributed by atoms with Crippen LogP contribution >= 0.6 is 0 Å². The molecule has 1 N–H and O–H groups in total. The van der Waals surface area contributed by atoms with E-state index in [-0.39, 0.29) is 5.56 Å². The minimum absolute atomic E-state index is 0.00252. The molecule has 94 valence electrons. The number of nitrogens with one attached hydrogen (secondary N) is 1. The van der Waals surface area contributed by atoms with Crippen LogP contribution in [0.3, 0.4) is 0 Å². The molecule has 1 aromatic rings. The van der Waals surface area contributed by atoms with Gasteiger partial charge in [-0.2, -0.15) is 0 Å². The summed E-state index contributed by atoms with van der Waals surface area (Å²) >= 11 is 0. The molecule has 2 rings (SSSR count). The lowest BCUT2D eigenvalue weighted by Gasteiger charge is -2.38. The average Bonchev–Trinajstić information content (AvgIpc) is 2.28. The van der Waals surface area contributed by atoms with Crippen LogP contribution in [0.2, 0.25) is 0 Å². The van der Waals surface area contributed by atoms with Crippen molar-refractivity contribution in [1.82, 2.24) is 9.55 Å². The zero-order valence-electron chi connectivity index (χ0n) is 10.7. The summed E-state index contributed by atoms with van der Waals surface area (Å²) < 4.78 is 1.72. The maximum Gasteiger partial charge on any atom is 0.293 e. The van der Waals surface area contributed by atoms with Crippen LogP contribution in [0.25, 0.3) is 0 Å². The van der Waals surface area contributed by atoms with Gasteiger partial charge in [0.15, 0.2) is 5.82 Å². The molecule has 0 unspecified atom stereocenters. The second-order valence-corrected chi connectivity index (χ2v) is 5.29. The summed E-state index contributed by atoms with van der Waals surface area (Å²) in [4.78, 5) is 16.2. The molecule has 0 aliphatic heterocycles. The van der Waals surface area contributed by atoms with Gasteiger partial charge in [0.2, 0.25) is 0 Å². The van der Waals surface area contributed by atoms with Crippen LogP contribution in [-0.4, -0.2) is 16.1 Å². The molecule has 0 bridgehead atoms. The minimum atomic E-state index is -0.00252. The number of aryl methyl sites for hydroxylation is 1. The van der Waals surface area contributed by atoms with Crippen LogP contribution in [0, 0.1) is 5.41 Å². The monoisotopic (exact) mass is 235 g/mol. The van der Waals surface area contributed by atoms with Crippen molar-refractivity contribution in [2.45, 2.75) is 46.1 Å². The summed E-state index contributed by atoms with van der Waals surface area (Å²) in [6.07, 6.45) is 8.21. The second kappa shape index (κ2) is 4.90. The Morgan fingerprint density at radius 3 is 2.88 bits per heavy atom. The Hall–Kier alpha value is -1.32. The van der Waals surface area contributed by atoms with E-state index in [9.17, 15) is 4.79 Å². The molecule has 0 spiro atoms. The molecule has 0 atom stereocenters. The Labute approximate surface area is 102 Å². The SMILES string of the molecule is CCCn1ccnc(NCC2(C)CCC2)c1=O. The lowest BCUT2D eigenvalue weighted by Crippen LogP contribution is -2.35. The van der Waals surface area contributed by atoms with Crippen molar-refractivity contribution in [3.63, 3.8) is 0 Å². The van der Waals surface area contributed by atoms with E-state index in [4.69, 9.17) is 0 Å². The molecule has 1 saturated carbocycles. The Bertz CT molecular complexity index is 435. The fraction of sp³-hybridized carbons (Fsp3) is 0.692. The quantitative estimate of drug-likeness (QED) is 0.851. The first-order valence-electron chi connectivity index (χ1n) is 6.44. The highest BCUT2D eigenvalue weighted by molar-refractivity contribution is 5.31. The van der Waals surface area contributed by atoms with Crippen molar-refractivity contribution in [2.24, 2.45) is 5.41 Å². The highest BCUT2D eigenvalue weighted by Gasteiger charge is 2.31. The molecule has 1 aliphatic carbocycles. The Balaban J connectivity index is 2.05. The van der Waals surface area contributed by atoms with Crippen LogP contribution in [0.5, 0.6) is 0 Å². The molecular formula is C13H21N3O. The molecule has 1 aliphatic rings. The summed E-state index contributed by atoms with van der Waals surface area (Å²) in [5.74, 6) is 0.495. The van der Waals surface area contributed by atoms with E-state index in [1.165, 1.54) is 19.3 Å². The molecule has 0 saturated heterocycles. The van der Waals surface area contributed by atoms with Gasteiger partial charge in [-0.15, -0.1) is 0 Å². The topological polar surface area (TPSA) is 46.9 Å². The van der Waals surface area contributed by atoms with E-state index < -0.39 is 0 Å². The Morgan fingerprint density at radius 1 is 1.53 bits per heavy atom. The van der Waals surface area contributed by atoms with Crippen molar-refractivity contribution >= 4 is 5.82 Å². The normalized spacial score (nSPS) is 17.5. The fourth-order valence-corrected chi connectivity index (χ4v) is 2.24. The van der Waals surface area contributed by atoms with Crippen molar-refractivity contribution in [3.8, 4) is 0 Å². The first-order valence-corrected chi connectivity index (χ1v) is 6.44. The van der Waals surface area contributed by atoms with Gasteiger partial charge in [-0.05, 0) is 24.7 Å². The van der Waals surface area contributed by atoms with Crippen LogP contribution in [0.15, 0.2) is 17.2 Å². The average molecular weight is 235 g/mol. The Morgan fingerprint density at radius 2 is 2.29 bits per heavy atom. The number of rotatable bonds is 5. The van der Waals surface area contributed by atoms with Gasteiger partial charge in [0.25, 0.3) is 5.56 Å². The predicted molar refractivity (Wildman–Crippen MR) is 69.2 cm³/mol. The minimum Gasteiger partial charge on any atom is -0.365 e.